The van der Waals surface area contributed by atoms with Crippen LogP contribution in [-0.2, 0) is 9.59 Å². The molecule has 3 N–H and O–H groups in total. The average Bonchev–Trinajstić information content (AvgIpc) is 2.92. The zero-order valence-corrected chi connectivity index (χ0v) is 9.17. The van der Waals surface area contributed by atoms with Crippen LogP contribution < -0.4 is 10.6 Å². The monoisotopic (exact) mass is 214 g/mol. The van der Waals surface area contributed by atoms with Gasteiger partial charge in [0.05, 0.1) is 0 Å². The first kappa shape index (κ1) is 12.0. The van der Waals surface area contributed by atoms with Crippen molar-refractivity contribution in [2.45, 2.75) is 32.3 Å². The van der Waals surface area contributed by atoms with Crippen molar-refractivity contribution in [3.05, 3.63) is 0 Å². The van der Waals surface area contributed by atoms with Crippen molar-refractivity contribution in [2.24, 2.45) is 5.92 Å². The van der Waals surface area contributed by atoms with Crippen LogP contribution in [0.5, 0.6) is 0 Å². The van der Waals surface area contributed by atoms with Gasteiger partial charge in [0.1, 0.15) is 5.60 Å². The molecule has 0 aliphatic heterocycles. The maximum Gasteiger partial charge on any atom is 0.251 e. The number of hydrogen-bond donors (Lipinski definition) is 3. The summed E-state index contributed by atoms with van der Waals surface area (Å²) in [5, 5.41) is 14.5. The molecule has 5 nitrogen and oxygen atoms in total. The number of amides is 2. The normalized spacial score (nSPS) is 15.9. The third-order valence-corrected chi connectivity index (χ3v) is 2.21. The van der Waals surface area contributed by atoms with Crippen LogP contribution in [0.4, 0.5) is 0 Å². The average molecular weight is 214 g/mol. The molecule has 1 rings (SSSR count). The lowest BCUT2D eigenvalue weighted by atomic mass is 10.1. The molecule has 5 heteroatoms. The summed E-state index contributed by atoms with van der Waals surface area (Å²) in [6.45, 7) is 3.61. The Bertz CT molecular complexity index is 254. The van der Waals surface area contributed by atoms with Crippen LogP contribution in [0.2, 0.25) is 0 Å². The van der Waals surface area contributed by atoms with Gasteiger partial charge >= 0.3 is 0 Å². The maximum absolute atomic E-state index is 11.2. The van der Waals surface area contributed by atoms with Gasteiger partial charge in [0.2, 0.25) is 5.91 Å². The molecular weight excluding hydrogens is 196 g/mol. The molecule has 1 saturated carbocycles. The van der Waals surface area contributed by atoms with Crippen molar-refractivity contribution in [1.82, 2.24) is 10.6 Å². The van der Waals surface area contributed by atoms with Gasteiger partial charge < -0.3 is 15.7 Å². The molecule has 0 bridgehead atoms. The third kappa shape index (κ3) is 4.29. The minimum atomic E-state index is -1.36. The maximum atomic E-state index is 11.2. The molecule has 15 heavy (non-hydrogen) atoms. The lowest BCUT2D eigenvalue weighted by molar-refractivity contribution is -0.136. The first-order valence-corrected chi connectivity index (χ1v) is 5.19. The van der Waals surface area contributed by atoms with E-state index in [2.05, 4.69) is 10.6 Å². The molecule has 0 atom stereocenters. The SMILES string of the molecule is CC(C)(O)C(=O)NCCNC(=O)C1CC1. The van der Waals surface area contributed by atoms with E-state index in [1.165, 1.54) is 13.8 Å². The third-order valence-electron chi connectivity index (χ3n) is 2.21. The van der Waals surface area contributed by atoms with Crippen molar-refractivity contribution < 1.29 is 14.7 Å². The van der Waals surface area contributed by atoms with Crippen molar-refractivity contribution in [3.8, 4) is 0 Å². The molecular formula is C10H18N2O3. The van der Waals surface area contributed by atoms with Crippen molar-refractivity contribution in [3.63, 3.8) is 0 Å². The van der Waals surface area contributed by atoms with Gasteiger partial charge in [0.15, 0.2) is 0 Å². The van der Waals surface area contributed by atoms with Crippen LogP contribution >= 0.6 is 0 Å². The quantitative estimate of drug-likeness (QED) is 0.535. The molecule has 0 aromatic heterocycles. The van der Waals surface area contributed by atoms with Gasteiger partial charge in [-0.25, -0.2) is 0 Å². The molecule has 0 unspecified atom stereocenters. The molecule has 0 heterocycles. The van der Waals surface area contributed by atoms with E-state index in [0.717, 1.165) is 12.8 Å². The molecule has 0 aromatic carbocycles. The van der Waals surface area contributed by atoms with E-state index < -0.39 is 11.5 Å². The highest BCUT2D eigenvalue weighted by molar-refractivity contribution is 5.84. The van der Waals surface area contributed by atoms with Crippen LogP contribution in [0.1, 0.15) is 26.7 Å². The van der Waals surface area contributed by atoms with Gasteiger partial charge in [-0.15, -0.1) is 0 Å². The van der Waals surface area contributed by atoms with Gasteiger partial charge in [-0.1, -0.05) is 0 Å². The minimum absolute atomic E-state index is 0.0625. The second kappa shape index (κ2) is 4.61. The number of aliphatic hydroxyl groups is 1. The van der Waals surface area contributed by atoms with Gasteiger partial charge in [-0.2, -0.15) is 0 Å². The van der Waals surface area contributed by atoms with E-state index in [9.17, 15) is 14.7 Å². The van der Waals surface area contributed by atoms with Crippen LogP contribution in [0.25, 0.3) is 0 Å². The van der Waals surface area contributed by atoms with Crippen LogP contribution in [-0.4, -0.2) is 35.6 Å². The van der Waals surface area contributed by atoms with Gasteiger partial charge in [-0.3, -0.25) is 9.59 Å². The van der Waals surface area contributed by atoms with Crippen LogP contribution in [0.3, 0.4) is 0 Å². The standard InChI is InChI=1S/C10H18N2O3/c1-10(2,15)9(14)12-6-5-11-8(13)7-3-4-7/h7,15H,3-6H2,1-2H3,(H,11,13)(H,12,14). The molecule has 0 spiro atoms. The first-order chi connectivity index (χ1) is 6.91. The molecule has 2 amide bonds. The molecule has 1 fully saturated rings. The summed E-state index contributed by atoms with van der Waals surface area (Å²) in [6.07, 6.45) is 1.95. The molecule has 1 aliphatic carbocycles. The highest BCUT2D eigenvalue weighted by Crippen LogP contribution is 2.28. The lowest BCUT2D eigenvalue weighted by Gasteiger charge is -2.16. The molecule has 0 radical (unpaired) electrons. The number of hydrogen-bond acceptors (Lipinski definition) is 3. The summed E-state index contributed by atoms with van der Waals surface area (Å²) in [5.74, 6) is -0.175. The second-order valence-corrected chi connectivity index (χ2v) is 4.38. The Labute approximate surface area is 89.2 Å². The van der Waals surface area contributed by atoms with E-state index in [0.29, 0.717) is 13.1 Å². The second-order valence-electron chi connectivity index (χ2n) is 4.38. The number of rotatable bonds is 5. The predicted molar refractivity (Wildman–Crippen MR) is 55.0 cm³/mol. The fourth-order valence-corrected chi connectivity index (χ4v) is 1.07. The Morgan fingerprint density at radius 1 is 1.27 bits per heavy atom. The fraction of sp³-hybridized carbons (Fsp3) is 0.800. The molecule has 86 valence electrons. The fourth-order valence-electron chi connectivity index (χ4n) is 1.07. The van der Waals surface area contributed by atoms with Gasteiger partial charge in [0.25, 0.3) is 5.91 Å². The highest BCUT2D eigenvalue weighted by Gasteiger charge is 2.29. The van der Waals surface area contributed by atoms with Gasteiger partial charge in [0, 0.05) is 19.0 Å². The Kier molecular flexibility index (Phi) is 3.68. The Hall–Kier alpha value is -1.10. The Balaban J connectivity index is 2.06. The summed E-state index contributed by atoms with van der Waals surface area (Å²) in [4.78, 5) is 22.4. The van der Waals surface area contributed by atoms with E-state index in [-0.39, 0.29) is 11.8 Å². The predicted octanol–water partition coefficient (Wildman–Crippen LogP) is -0.600. The molecule has 0 aromatic rings. The largest absolute Gasteiger partial charge is 0.381 e. The van der Waals surface area contributed by atoms with Crippen molar-refractivity contribution >= 4 is 11.8 Å². The Morgan fingerprint density at radius 3 is 2.27 bits per heavy atom. The van der Waals surface area contributed by atoms with Crippen molar-refractivity contribution in [1.29, 1.82) is 0 Å². The van der Waals surface area contributed by atoms with E-state index in [1.807, 2.05) is 0 Å². The molecule has 1 aliphatic rings. The lowest BCUT2D eigenvalue weighted by Crippen LogP contribution is -2.44. The summed E-state index contributed by atoms with van der Waals surface area (Å²) in [5.41, 5.74) is -1.36. The minimum Gasteiger partial charge on any atom is -0.381 e. The number of carbonyl (C=O) groups is 2. The smallest absolute Gasteiger partial charge is 0.251 e. The summed E-state index contributed by atoms with van der Waals surface area (Å²) in [7, 11) is 0. The summed E-state index contributed by atoms with van der Waals surface area (Å²) >= 11 is 0. The summed E-state index contributed by atoms with van der Waals surface area (Å²) in [6, 6.07) is 0. The van der Waals surface area contributed by atoms with E-state index in [1.54, 1.807) is 0 Å². The first-order valence-electron chi connectivity index (χ1n) is 5.19. The van der Waals surface area contributed by atoms with Crippen LogP contribution in [0.15, 0.2) is 0 Å². The molecule has 0 saturated heterocycles. The zero-order valence-electron chi connectivity index (χ0n) is 9.17. The number of carbonyl (C=O) groups excluding carboxylic acids is 2. The topological polar surface area (TPSA) is 78.4 Å². The Morgan fingerprint density at radius 2 is 1.80 bits per heavy atom. The van der Waals surface area contributed by atoms with E-state index in [4.69, 9.17) is 0 Å². The van der Waals surface area contributed by atoms with Gasteiger partial charge in [-0.05, 0) is 26.7 Å². The van der Waals surface area contributed by atoms with E-state index >= 15 is 0 Å². The summed E-state index contributed by atoms with van der Waals surface area (Å²) < 4.78 is 0. The van der Waals surface area contributed by atoms with Crippen LogP contribution in [0, 0.1) is 5.92 Å². The zero-order chi connectivity index (χ0) is 11.5. The van der Waals surface area contributed by atoms with Crippen molar-refractivity contribution in [2.75, 3.05) is 13.1 Å². The number of nitrogens with one attached hydrogen (secondary N) is 2. The highest BCUT2D eigenvalue weighted by atomic mass is 16.3.